The van der Waals surface area contributed by atoms with E-state index in [0.717, 1.165) is 12.6 Å². The Morgan fingerprint density at radius 3 is 2.82 bits per heavy atom. The predicted octanol–water partition coefficient (Wildman–Crippen LogP) is 3.76. The molecule has 1 aliphatic rings. The van der Waals surface area contributed by atoms with E-state index in [2.05, 4.69) is 51.0 Å². The molecule has 1 fully saturated rings. The van der Waals surface area contributed by atoms with Crippen molar-refractivity contribution in [2.45, 2.75) is 51.1 Å². The zero-order valence-electron chi connectivity index (χ0n) is 13.4. The first-order valence-corrected chi connectivity index (χ1v) is 8.65. The molecule has 3 heteroatoms. The minimum Gasteiger partial charge on any atom is -0.337 e. The molecule has 22 heavy (non-hydrogen) atoms. The Morgan fingerprint density at radius 1 is 1.09 bits per heavy atom. The zero-order valence-corrected chi connectivity index (χ0v) is 13.4. The van der Waals surface area contributed by atoms with Crippen LogP contribution in [0.4, 0.5) is 0 Å². The minimum absolute atomic E-state index is 0.756. The number of benzene rings is 1. The molecule has 1 aromatic carbocycles. The smallest absolute Gasteiger partial charge is 0.0945 e. The van der Waals surface area contributed by atoms with Gasteiger partial charge >= 0.3 is 0 Å². The van der Waals surface area contributed by atoms with Crippen molar-refractivity contribution >= 4 is 0 Å². The molecule has 0 bridgehead atoms. The Morgan fingerprint density at radius 2 is 2.00 bits per heavy atom. The molecule has 0 N–H and O–H groups in total. The van der Waals surface area contributed by atoms with E-state index in [1.165, 1.54) is 57.2 Å². The SMILES string of the molecule is c1ccc(CCCN2CCCCC2CCn2ccnc2)cc1. The van der Waals surface area contributed by atoms with Gasteiger partial charge in [-0.15, -0.1) is 0 Å². The Balaban J connectivity index is 1.45. The van der Waals surface area contributed by atoms with Gasteiger partial charge < -0.3 is 9.47 Å². The fourth-order valence-electron chi connectivity index (χ4n) is 3.53. The number of piperidine rings is 1. The van der Waals surface area contributed by atoms with E-state index in [4.69, 9.17) is 0 Å². The summed E-state index contributed by atoms with van der Waals surface area (Å²) in [4.78, 5) is 6.86. The summed E-state index contributed by atoms with van der Waals surface area (Å²) >= 11 is 0. The van der Waals surface area contributed by atoms with Crippen molar-refractivity contribution in [3.63, 3.8) is 0 Å². The number of hydrogen-bond acceptors (Lipinski definition) is 2. The van der Waals surface area contributed by atoms with E-state index in [-0.39, 0.29) is 0 Å². The number of hydrogen-bond donors (Lipinski definition) is 0. The second kappa shape index (κ2) is 8.14. The summed E-state index contributed by atoms with van der Waals surface area (Å²) < 4.78 is 2.21. The zero-order chi connectivity index (χ0) is 15.0. The van der Waals surface area contributed by atoms with Crippen molar-refractivity contribution in [1.82, 2.24) is 14.5 Å². The van der Waals surface area contributed by atoms with Crippen molar-refractivity contribution in [3.05, 3.63) is 54.6 Å². The Labute approximate surface area is 134 Å². The number of aromatic nitrogens is 2. The van der Waals surface area contributed by atoms with Crippen molar-refractivity contribution in [1.29, 1.82) is 0 Å². The molecule has 1 aromatic heterocycles. The molecule has 0 spiro atoms. The fourth-order valence-corrected chi connectivity index (χ4v) is 3.53. The average Bonchev–Trinajstić information content (AvgIpc) is 3.08. The van der Waals surface area contributed by atoms with Gasteiger partial charge in [-0.05, 0) is 50.8 Å². The van der Waals surface area contributed by atoms with Crippen LogP contribution in [-0.4, -0.2) is 33.6 Å². The lowest BCUT2D eigenvalue weighted by Crippen LogP contribution is -2.40. The standard InChI is InChI=1S/C19H27N3/c1-2-7-18(8-3-1)9-6-14-22-13-5-4-10-19(22)11-15-21-16-12-20-17-21/h1-3,7-8,12,16-17,19H,4-6,9-11,13-15H2. The van der Waals surface area contributed by atoms with E-state index in [1.54, 1.807) is 0 Å². The average molecular weight is 297 g/mol. The van der Waals surface area contributed by atoms with Gasteiger partial charge in [-0.3, -0.25) is 0 Å². The first-order chi connectivity index (χ1) is 10.9. The molecule has 3 nitrogen and oxygen atoms in total. The summed E-state index contributed by atoms with van der Waals surface area (Å²) in [5.74, 6) is 0. The maximum absolute atomic E-state index is 4.14. The van der Waals surface area contributed by atoms with Gasteiger partial charge in [-0.1, -0.05) is 36.8 Å². The maximum Gasteiger partial charge on any atom is 0.0945 e. The molecule has 0 amide bonds. The molecule has 0 radical (unpaired) electrons. The lowest BCUT2D eigenvalue weighted by molar-refractivity contribution is 0.134. The normalized spacial score (nSPS) is 19.4. The summed E-state index contributed by atoms with van der Waals surface area (Å²) in [6, 6.07) is 11.6. The molecule has 2 heterocycles. The van der Waals surface area contributed by atoms with Gasteiger partial charge in [0, 0.05) is 25.0 Å². The first kappa shape index (κ1) is 15.3. The summed E-state index contributed by atoms with van der Waals surface area (Å²) in [6.07, 6.45) is 13.7. The lowest BCUT2D eigenvalue weighted by atomic mass is 9.98. The summed E-state index contributed by atoms with van der Waals surface area (Å²) in [5.41, 5.74) is 1.47. The predicted molar refractivity (Wildman–Crippen MR) is 90.8 cm³/mol. The van der Waals surface area contributed by atoms with Crippen molar-refractivity contribution in [2.24, 2.45) is 0 Å². The molecule has 1 aliphatic heterocycles. The first-order valence-electron chi connectivity index (χ1n) is 8.65. The van der Waals surface area contributed by atoms with Gasteiger partial charge in [0.15, 0.2) is 0 Å². The van der Waals surface area contributed by atoms with E-state index < -0.39 is 0 Å². The van der Waals surface area contributed by atoms with Crippen LogP contribution < -0.4 is 0 Å². The molecule has 118 valence electrons. The maximum atomic E-state index is 4.14. The number of nitrogens with zero attached hydrogens (tertiary/aromatic N) is 3. The number of aryl methyl sites for hydroxylation is 2. The summed E-state index contributed by atoms with van der Waals surface area (Å²) in [7, 11) is 0. The molecule has 2 aromatic rings. The third-order valence-electron chi connectivity index (χ3n) is 4.78. The lowest BCUT2D eigenvalue weighted by Gasteiger charge is -2.36. The quantitative estimate of drug-likeness (QED) is 0.776. The highest BCUT2D eigenvalue weighted by molar-refractivity contribution is 5.14. The van der Waals surface area contributed by atoms with E-state index >= 15 is 0 Å². The van der Waals surface area contributed by atoms with Gasteiger partial charge in [0.25, 0.3) is 0 Å². The Hall–Kier alpha value is -1.61. The number of likely N-dealkylation sites (tertiary alicyclic amines) is 1. The third-order valence-corrected chi connectivity index (χ3v) is 4.78. The molecule has 3 rings (SSSR count). The van der Waals surface area contributed by atoms with Crippen LogP contribution in [0.1, 0.15) is 37.7 Å². The number of imidazole rings is 1. The van der Waals surface area contributed by atoms with Crippen LogP contribution in [0.3, 0.4) is 0 Å². The van der Waals surface area contributed by atoms with Crippen LogP contribution in [0.15, 0.2) is 49.1 Å². The van der Waals surface area contributed by atoms with Gasteiger partial charge in [0.05, 0.1) is 6.33 Å². The molecular weight excluding hydrogens is 270 g/mol. The third kappa shape index (κ3) is 4.44. The van der Waals surface area contributed by atoms with Crippen LogP contribution in [-0.2, 0) is 13.0 Å². The van der Waals surface area contributed by atoms with Gasteiger partial charge in [0.2, 0.25) is 0 Å². The second-order valence-electron chi connectivity index (χ2n) is 6.36. The molecule has 1 saturated heterocycles. The van der Waals surface area contributed by atoms with E-state index in [0.29, 0.717) is 0 Å². The van der Waals surface area contributed by atoms with Crippen molar-refractivity contribution < 1.29 is 0 Å². The Kier molecular flexibility index (Phi) is 5.66. The van der Waals surface area contributed by atoms with Crippen LogP contribution in [0, 0.1) is 0 Å². The van der Waals surface area contributed by atoms with Crippen LogP contribution in [0.2, 0.25) is 0 Å². The minimum atomic E-state index is 0.756. The van der Waals surface area contributed by atoms with Crippen LogP contribution in [0.5, 0.6) is 0 Å². The topological polar surface area (TPSA) is 21.1 Å². The second-order valence-corrected chi connectivity index (χ2v) is 6.36. The van der Waals surface area contributed by atoms with Crippen molar-refractivity contribution in [3.8, 4) is 0 Å². The molecule has 1 unspecified atom stereocenters. The van der Waals surface area contributed by atoms with Crippen molar-refractivity contribution in [2.75, 3.05) is 13.1 Å². The van der Waals surface area contributed by atoms with Gasteiger partial charge in [-0.25, -0.2) is 4.98 Å². The highest BCUT2D eigenvalue weighted by Gasteiger charge is 2.21. The highest BCUT2D eigenvalue weighted by Crippen LogP contribution is 2.21. The van der Waals surface area contributed by atoms with Gasteiger partial charge in [-0.2, -0.15) is 0 Å². The number of rotatable bonds is 7. The van der Waals surface area contributed by atoms with E-state index in [1.807, 2.05) is 12.5 Å². The monoisotopic (exact) mass is 297 g/mol. The molecule has 0 aliphatic carbocycles. The molecule has 1 atom stereocenters. The summed E-state index contributed by atoms with van der Waals surface area (Å²) in [5, 5.41) is 0. The largest absolute Gasteiger partial charge is 0.337 e. The van der Waals surface area contributed by atoms with Crippen LogP contribution in [0.25, 0.3) is 0 Å². The van der Waals surface area contributed by atoms with Gasteiger partial charge in [0.1, 0.15) is 0 Å². The van der Waals surface area contributed by atoms with E-state index in [9.17, 15) is 0 Å². The highest BCUT2D eigenvalue weighted by atomic mass is 15.2. The summed E-state index contributed by atoms with van der Waals surface area (Å²) in [6.45, 7) is 3.62. The van der Waals surface area contributed by atoms with Crippen LogP contribution >= 0.6 is 0 Å². The molecular formula is C19H27N3. The Bertz CT molecular complexity index is 521. The fraction of sp³-hybridized carbons (Fsp3) is 0.526. The molecule has 0 saturated carbocycles.